The van der Waals surface area contributed by atoms with Gasteiger partial charge in [0, 0.05) is 41.6 Å². The Balaban J connectivity index is 1.58. The number of carbonyl (C=O) groups excluding carboxylic acids is 1. The number of hydrazine groups is 1. The molecular formula is C27H29F3N8OS. The molecule has 9 nitrogen and oxygen atoms in total. The number of hydrogen-bond acceptors (Lipinski definition) is 8. The third-order valence-corrected chi connectivity index (χ3v) is 6.72. The lowest BCUT2D eigenvalue weighted by Crippen LogP contribution is -2.26. The second kappa shape index (κ2) is 11.4. The van der Waals surface area contributed by atoms with E-state index in [1.54, 1.807) is 37.5 Å². The second-order valence-electron chi connectivity index (χ2n) is 9.46. The number of imidazole rings is 1. The Hall–Kier alpha value is -4.36. The molecule has 0 fully saturated rings. The van der Waals surface area contributed by atoms with Gasteiger partial charge >= 0.3 is 6.18 Å². The molecule has 13 heteroatoms. The van der Waals surface area contributed by atoms with E-state index in [0.29, 0.717) is 27.6 Å². The first kappa shape index (κ1) is 28.6. The van der Waals surface area contributed by atoms with Gasteiger partial charge in [-0.2, -0.15) is 13.2 Å². The van der Waals surface area contributed by atoms with Gasteiger partial charge in [-0.3, -0.25) is 9.80 Å². The quantitative estimate of drug-likeness (QED) is 0.159. The number of amides is 1. The standard InChI is InChI=1S/C27H29F3N8OS/c1-15(2)35-26-33-11-24(40-26)22(31)13-38(32)23-10-20(6-5-16(23)3)36-25(39)18-7-19(27(28,29)30)9-21(8-18)37-12-17(4)34-14-37/h5-15H,31-32H2,1-4H3,(H,33,35)(H,36,39)/b22-13-. The number of rotatable bonds is 8. The number of thiazole rings is 1. The van der Waals surface area contributed by atoms with Gasteiger partial charge in [0.05, 0.1) is 33.8 Å². The van der Waals surface area contributed by atoms with Crippen LogP contribution in [-0.2, 0) is 6.18 Å². The highest BCUT2D eigenvalue weighted by Gasteiger charge is 2.32. The van der Waals surface area contributed by atoms with Crippen molar-refractivity contribution in [3.05, 3.63) is 88.6 Å². The van der Waals surface area contributed by atoms with Crippen LogP contribution >= 0.6 is 11.3 Å². The fourth-order valence-electron chi connectivity index (χ4n) is 3.79. The Morgan fingerprint density at radius 3 is 2.55 bits per heavy atom. The van der Waals surface area contributed by atoms with E-state index < -0.39 is 17.6 Å². The third-order valence-electron chi connectivity index (χ3n) is 5.74. The van der Waals surface area contributed by atoms with Crippen LogP contribution in [0.1, 0.15) is 45.9 Å². The van der Waals surface area contributed by atoms with Gasteiger partial charge in [0.25, 0.3) is 5.91 Å². The van der Waals surface area contributed by atoms with Gasteiger partial charge in [0.1, 0.15) is 0 Å². The zero-order valence-electron chi connectivity index (χ0n) is 22.2. The molecule has 4 rings (SSSR count). The fraction of sp³-hybridized carbons (Fsp3) is 0.222. The lowest BCUT2D eigenvalue weighted by Gasteiger charge is -2.19. The molecule has 0 aliphatic rings. The Labute approximate surface area is 233 Å². The third kappa shape index (κ3) is 6.79. The molecule has 0 unspecified atom stereocenters. The molecule has 0 aliphatic heterocycles. The Morgan fingerprint density at radius 2 is 1.90 bits per heavy atom. The smallest absolute Gasteiger partial charge is 0.396 e. The number of aryl methyl sites for hydroxylation is 2. The summed E-state index contributed by atoms with van der Waals surface area (Å²) in [5, 5.41) is 7.93. The maximum absolute atomic E-state index is 13.6. The average molecular weight is 571 g/mol. The van der Waals surface area contributed by atoms with Crippen molar-refractivity contribution in [3.8, 4) is 5.69 Å². The highest BCUT2D eigenvalue weighted by Crippen LogP contribution is 2.32. The van der Waals surface area contributed by atoms with Crippen LogP contribution in [0, 0.1) is 13.8 Å². The molecule has 0 aliphatic carbocycles. The van der Waals surface area contributed by atoms with Crippen LogP contribution in [0.25, 0.3) is 11.4 Å². The fourth-order valence-corrected chi connectivity index (χ4v) is 4.67. The first-order chi connectivity index (χ1) is 18.8. The van der Waals surface area contributed by atoms with Crippen LogP contribution < -0.4 is 27.2 Å². The number of anilines is 3. The van der Waals surface area contributed by atoms with Gasteiger partial charge in [-0.1, -0.05) is 17.4 Å². The molecule has 40 heavy (non-hydrogen) atoms. The van der Waals surface area contributed by atoms with Crippen molar-refractivity contribution in [2.45, 2.75) is 39.9 Å². The van der Waals surface area contributed by atoms with Crippen LogP contribution in [0.5, 0.6) is 0 Å². The summed E-state index contributed by atoms with van der Waals surface area (Å²) >= 11 is 1.38. The van der Waals surface area contributed by atoms with E-state index in [1.165, 1.54) is 39.5 Å². The van der Waals surface area contributed by atoms with Crippen LogP contribution in [0.3, 0.4) is 0 Å². The monoisotopic (exact) mass is 570 g/mol. The number of nitrogens with zero attached hydrogens (tertiary/aromatic N) is 4. The summed E-state index contributed by atoms with van der Waals surface area (Å²) in [6.07, 6.45) is 1.50. The van der Waals surface area contributed by atoms with E-state index in [1.807, 2.05) is 20.8 Å². The molecule has 210 valence electrons. The predicted molar refractivity (Wildman–Crippen MR) is 152 cm³/mol. The Bertz CT molecular complexity index is 1560. The van der Waals surface area contributed by atoms with Gasteiger partial charge in [-0.25, -0.2) is 15.8 Å². The molecular weight excluding hydrogens is 541 g/mol. The Morgan fingerprint density at radius 1 is 1.15 bits per heavy atom. The first-order valence-corrected chi connectivity index (χ1v) is 13.0. The maximum Gasteiger partial charge on any atom is 0.416 e. The lowest BCUT2D eigenvalue weighted by molar-refractivity contribution is -0.137. The summed E-state index contributed by atoms with van der Waals surface area (Å²) in [5.41, 5.74) is 7.96. The van der Waals surface area contributed by atoms with E-state index >= 15 is 0 Å². The zero-order valence-corrected chi connectivity index (χ0v) is 23.1. The lowest BCUT2D eigenvalue weighted by atomic mass is 10.1. The van der Waals surface area contributed by atoms with Crippen molar-refractivity contribution < 1.29 is 18.0 Å². The van der Waals surface area contributed by atoms with E-state index in [0.717, 1.165) is 22.8 Å². The highest BCUT2D eigenvalue weighted by molar-refractivity contribution is 7.16. The molecule has 0 spiro atoms. The second-order valence-corrected chi connectivity index (χ2v) is 10.5. The Kier molecular flexibility index (Phi) is 8.16. The summed E-state index contributed by atoms with van der Waals surface area (Å²) in [6, 6.07) is 8.36. The van der Waals surface area contributed by atoms with Crippen molar-refractivity contribution in [1.82, 2.24) is 14.5 Å². The average Bonchev–Trinajstić information content (AvgIpc) is 3.53. The molecule has 6 N–H and O–H groups in total. The highest BCUT2D eigenvalue weighted by atomic mass is 32.1. The minimum absolute atomic E-state index is 0.161. The number of halogens is 3. The van der Waals surface area contributed by atoms with Crippen LogP contribution in [0.4, 0.5) is 29.7 Å². The molecule has 0 saturated carbocycles. The van der Waals surface area contributed by atoms with Gasteiger partial charge in [0.2, 0.25) is 0 Å². The van der Waals surface area contributed by atoms with Gasteiger partial charge in [-0.05, 0) is 63.6 Å². The van der Waals surface area contributed by atoms with Crippen molar-refractivity contribution in [2.75, 3.05) is 15.6 Å². The van der Waals surface area contributed by atoms with Crippen LogP contribution in [0.2, 0.25) is 0 Å². The van der Waals surface area contributed by atoms with Gasteiger partial charge in [0.15, 0.2) is 5.13 Å². The van der Waals surface area contributed by atoms with E-state index in [2.05, 4.69) is 20.6 Å². The van der Waals surface area contributed by atoms with Crippen LogP contribution in [0.15, 0.2) is 61.3 Å². The molecule has 1 amide bonds. The minimum atomic E-state index is -4.65. The summed E-state index contributed by atoms with van der Waals surface area (Å²) in [4.78, 5) is 22.2. The molecule has 2 heterocycles. The van der Waals surface area contributed by atoms with Crippen molar-refractivity contribution in [2.24, 2.45) is 11.6 Å². The van der Waals surface area contributed by atoms with Crippen LogP contribution in [-0.4, -0.2) is 26.5 Å². The molecule has 4 aromatic rings. The van der Waals surface area contributed by atoms with E-state index in [4.69, 9.17) is 11.6 Å². The van der Waals surface area contributed by atoms with Crippen molar-refractivity contribution in [1.29, 1.82) is 0 Å². The number of carbonyl (C=O) groups is 1. The SMILES string of the molecule is Cc1cn(-c2cc(C(=O)Nc3ccc(C)c(N(N)/C=C(\N)c4cnc(NC(C)C)s4)c3)cc(C(F)(F)F)c2)cn1. The van der Waals surface area contributed by atoms with Crippen molar-refractivity contribution in [3.63, 3.8) is 0 Å². The summed E-state index contributed by atoms with van der Waals surface area (Å²) < 4.78 is 42.3. The molecule has 0 radical (unpaired) electrons. The normalized spacial score (nSPS) is 12.1. The molecule has 0 atom stereocenters. The van der Waals surface area contributed by atoms with Gasteiger partial charge in [-0.15, -0.1) is 0 Å². The summed E-state index contributed by atoms with van der Waals surface area (Å²) in [7, 11) is 0. The number of benzene rings is 2. The van der Waals surface area contributed by atoms with Gasteiger partial charge < -0.3 is 20.9 Å². The number of nitrogens with one attached hydrogen (secondary N) is 2. The summed E-state index contributed by atoms with van der Waals surface area (Å²) in [6.45, 7) is 7.55. The minimum Gasteiger partial charge on any atom is -0.396 e. The number of alkyl halides is 3. The number of hydrogen-bond donors (Lipinski definition) is 4. The topological polar surface area (TPSA) is 127 Å². The maximum atomic E-state index is 13.6. The van der Waals surface area contributed by atoms with E-state index in [-0.39, 0.29) is 17.3 Å². The molecule has 2 aromatic heterocycles. The number of nitrogens with two attached hydrogens (primary N) is 2. The van der Waals surface area contributed by atoms with E-state index in [9.17, 15) is 18.0 Å². The van der Waals surface area contributed by atoms with Crippen molar-refractivity contribution >= 4 is 39.4 Å². The largest absolute Gasteiger partial charge is 0.416 e. The number of aromatic nitrogens is 3. The molecule has 0 bridgehead atoms. The molecule has 0 saturated heterocycles. The first-order valence-electron chi connectivity index (χ1n) is 12.2. The summed E-state index contributed by atoms with van der Waals surface area (Å²) in [5.74, 6) is 5.57. The zero-order chi connectivity index (χ0) is 29.2. The molecule has 2 aromatic carbocycles. The predicted octanol–water partition coefficient (Wildman–Crippen LogP) is 5.67.